The highest BCUT2D eigenvalue weighted by molar-refractivity contribution is 6.34. The van der Waals surface area contributed by atoms with Gasteiger partial charge in [0.2, 0.25) is 0 Å². The van der Waals surface area contributed by atoms with Crippen LogP contribution in [0.4, 0.5) is 17.1 Å². The van der Waals surface area contributed by atoms with Gasteiger partial charge in [0.15, 0.2) is 0 Å². The molecule has 90 valence electrons. The lowest BCUT2D eigenvalue weighted by atomic mass is 10.2. The number of halogens is 2. The Morgan fingerprint density at radius 3 is 2.56 bits per heavy atom. The zero-order valence-corrected chi connectivity index (χ0v) is 10.8. The Balaban J connectivity index is 2.40. The third-order valence-corrected chi connectivity index (χ3v) is 3.08. The van der Waals surface area contributed by atoms with Gasteiger partial charge in [-0.05, 0) is 30.3 Å². The van der Waals surface area contributed by atoms with Gasteiger partial charge in [-0.15, -0.1) is 0 Å². The van der Waals surface area contributed by atoms with Crippen LogP contribution < -0.4 is 11.1 Å². The minimum Gasteiger partial charge on any atom is -0.396 e. The number of hydrogen-bond acceptors (Lipinski definition) is 3. The van der Waals surface area contributed by atoms with Crippen LogP contribution in [0.15, 0.2) is 36.4 Å². The molecule has 0 amide bonds. The molecule has 0 aromatic heterocycles. The van der Waals surface area contributed by atoms with E-state index in [1.54, 1.807) is 36.4 Å². The van der Waals surface area contributed by atoms with Crippen molar-refractivity contribution in [1.29, 1.82) is 5.26 Å². The number of benzene rings is 2. The number of rotatable bonds is 2. The summed E-state index contributed by atoms with van der Waals surface area (Å²) in [5.41, 5.74) is 8.07. The smallest absolute Gasteiger partial charge is 0.0992 e. The molecule has 3 nitrogen and oxygen atoms in total. The van der Waals surface area contributed by atoms with Gasteiger partial charge in [-0.2, -0.15) is 5.26 Å². The molecule has 0 aliphatic carbocycles. The van der Waals surface area contributed by atoms with Crippen molar-refractivity contribution in [2.75, 3.05) is 11.1 Å². The third-order valence-electron chi connectivity index (χ3n) is 2.42. The highest BCUT2D eigenvalue weighted by Gasteiger charge is 2.06. The van der Waals surface area contributed by atoms with Gasteiger partial charge in [0.05, 0.1) is 38.7 Å². The summed E-state index contributed by atoms with van der Waals surface area (Å²) in [6.45, 7) is 0. The quantitative estimate of drug-likeness (QED) is 0.809. The van der Waals surface area contributed by atoms with Crippen LogP contribution >= 0.6 is 23.2 Å². The highest BCUT2D eigenvalue weighted by atomic mass is 35.5. The zero-order chi connectivity index (χ0) is 13.1. The average molecular weight is 278 g/mol. The fourth-order valence-electron chi connectivity index (χ4n) is 1.48. The first-order valence-corrected chi connectivity index (χ1v) is 5.88. The van der Waals surface area contributed by atoms with Crippen LogP contribution in [0.1, 0.15) is 5.56 Å². The molecule has 0 unspecified atom stereocenters. The first-order chi connectivity index (χ1) is 8.61. The summed E-state index contributed by atoms with van der Waals surface area (Å²) >= 11 is 12.0. The molecule has 0 saturated carbocycles. The third kappa shape index (κ3) is 2.51. The Morgan fingerprint density at radius 2 is 1.83 bits per heavy atom. The van der Waals surface area contributed by atoms with Crippen molar-refractivity contribution in [2.24, 2.45) is 0 Å². The summed E-state index contributed by atoms with van der Waals surface area (Å²) in [5, 5.41) is 12.9. The van der Waals surface area contributed by atoms with Crippen LogP contribution in [0, 0.1) is 11.3 Å². The van der Waals surface area contributed by atoms with Crippen molar-refractivity contribution in [3.8, 4) is 6.07 Å². The summed E-state index contributed by atoms with van der Waals surface area (Å²) in [5.74, 6) is 0. The van der Waals surface area contributed by atoms with Gasteiger partial charge in [-0.1, -0.05) is 29.3 Å². The maximum atomic E-state index is 8.85. The van der Waals surface area contributed by atoms with E-state index in [4.69, 9.17) is 34.2 Å². The first kappa shape index (κ1) is 12.6. The molecule has 0 heterocycles. The number of nitrogens with one attached hydrogen (secondary N) is 1. The summed E-state index contributed by atoms with van der Waals surface area (Å²) in [7, 11) is 0. The normalized spacial score (nSPS) is 9.83. The summed E-state index contributed by atoms with van der Waals surface area (Å²) in [4.78, 5) is 0. The standard InChI is InChI=1S/C13H9Cl2N3/c14-9-5-4-8(7-16)6-12(9)18-11-3-1-2-10(15)13(11)17/h1-6,18H,17H2. The fourth-order valence-corrected chi connectivity index (χ4v) is 1.82. The Labute approximate surface area is 115 Å². The SMILES string of the molecule is N#Cc1ccc(Cl)c(Nc2cccc(Cl)c2N)c1. The first-order valence-electron chi connectivity index (χ1n) is 5.12. The minimum absolute atomic E-state index is 0.442. The molecule has 5 heteroatoms. The van der Waals surface area contributed by atoms with E-state index in [1.165, 1.54) is 0 Å². The molecule has 0 fully saturated rings. The van der Waals surface area contributed by atoms with Crippen LogP contribution in [-0.2, 0) is 0 Å². The molecule has 2 rings (SSSR count). The number of nitrogens with two attached hydrogens (primary N) is 1. The van der Waals surface area contributed by atoms with Gasteiger partial charge in [-0.25, -0.2) is 0 Å². The number of nitrogens with zero attached hydrogens (tertiary/aromatic N) is 1. The molecular formula is C13H9Cl2N3. The monoisotopic (exact) mass is 277 g/mol. The molecular weight excluding hydrogens is 269 g/mol. The molecule has 3 N–H and O–H groups in total. The van der Waals surface area contributed by atoms with E-state index in [0.717, 1.165) is 0 Å². The predicted octanol–water partition coefficient (Wildman–Crippen LogP) is 4.19. The second kappa shape index (κ2) is 5.18. The minimum atomic E-state index is 0.442. The summed E-state index contributed by atoms with van der Waals surface area (Å²) in [6.07, 6.45) is 0. The van der Waals surface area contributed by atoms with Gasteiger partial charge in [-0.3, -0.25) is 0 Å². The average Bonchev–Trinajstić information content (AvgIpc) is 2.37. The number of nitriles is 1. The van der Waals surface area contributed by atoms with Crippen LogP contribution in [0.3, 0.4) is 0 Å². The molecule has 18 heavy (non-hydrogen) atoms. The molecule has 0 atom stereocenters. The van der Waals surface area contributed by atoms with Crippen molar-refractivity contribution in [3.63, 3.8) is 0 Å². The van der Waals surface area contributed by atoms with Crippen LogP contribution in [0.5, 0.6) is 0 Å². The van der Waals surface area contributed by atoms with Crippen LogP contribution in [0.25, 0.3) is 0 Å². The van der Waals surface area contributed by atoms with Gasteiger partial charge >= 0.3 is 0 Å². The summed E-state index contributed by atoms with van der Waals surface area (Å²) < 4.78 is 0. The molecule has 2 aromatic rings. The van der Waals surface area contributed by atoms with E-state index < -0.39 is 0 Å². The Bertz CT molecular complexity index is 633. The molecule has 0 aliphatic rings. The molecule has 0 saturated heterocycles. The van der Waals surface area contributed by atoms with E-state index in [9.17, 15) is 0 Å². The lowest BCUT2D eigenvalue weighted by Gasteiger charge is -2.11. The Kier molecular flexibility index (Phi) is 3.61. The van der Waals surface area contributed by atoms with Crippen LogP contribution in [-0.4, -0.2) is 0 Å². The maximum Gasteiger partial charge on any atom is 0.0992 e. The second-order valence-corrected chi connectivity index (χ2v) is 4.45. The Hall–Kier alpha value is -1.89. The number of hydrogen-bond donors (Lipinski definition) is 2. The van der Waals surface area contributed by atoms with Crippen LogP contribution in [0.2, 0.25) is 10.0 Å². The van der Waals surface area contributed by atoms with E-state index >= 15 is 0 Å². The molecule has 0 bridgehead atoms. The Morgan fingerprint density at radius 1 is 1.06 bits per heavy atom. The number of anilines is 3. The fraction of sp³-hybridized carbons (Fsp3) is 0. The van der Waals surface area contributed by atoms with Gasteiger partial charge in [0.25, 0.3) is 0 Å². The van der Waals surface area contributed by atoms with Crippen molar-refractivity contribution in [3.05, 3.63) is 52.0 Å². The number of nitrogen functional groups attached to an aromatic ring is 1. The van der Waals surface area contributed by atoms with Crippen molar-refractivity contribution in [1.82, 2.24) is 0 Å². The molecule has 0 radical (unpaired) electrons. The van der Waals surface area contributed by atoms with Crippen molar-refractivity contribution < 1.29 is 0 Å². The largest absolute Gasteiger partial charge is 0.396 e. The van der Waals surface area contributed by atoms with E-state index in [2.05, 4.69) is 11.4 Å². The lowest BCUT2D eigenvalue weighted by Crippen LogP contribution is -1.97. The number of para-hydroxylation sites is 1. The van der Waals surface area contributed by atoms with Crippen molar-refractivity contribution in [2.45, 2.75) is 0 Å². The zero-order valence-electron chi connectivity index (χ0n) is 9.24. The predicted molar refractivity (Wildman–Crippen MR) is 75.3 cm³/mol. The summed E-state index contributed by atoms with van der Waals surface area (Å²) in [6, 6.07) is 12.3. The van der Waals surface area contributed by atoms with Gasteiger partial charge in [0.1, 0.15) is 0 Å². The van der Waals surface area contributed by atoms with E-state index in [0.29, 0.717) is 32.7 Å². The van der Waals surface area contributed by atoms with Crippen molar-refractivity contribution >= 4 is 40.3 Å². The van der Waals surface area contributed by atoms with E-state index in [1.807, 2.05) is 0 Å². The molecule has 0 aliphatic heterocycles. The van der Waals surface area contributed by atoms with Gasteiger partial charge in [0, 0.05) is 0 Å². The topological polar surface area (TPSA) is 61.8 Å². The lowest BCUT2D eigenvalue weighted by molar-refractivity contribution is 1.47. The van der Waals surface area contributed by atoms with Gasteiger partial charge < -0.3 is 11.1 Å². The highest BCUT2D eigenvalue weighted by Crippen LogP contribution is 2.32. The molecule has 2 aromatic carbocycles. The second-order valence-electron chi connectivity index (χ2n) is 3.63. The maximum absolute atomic E-state index is 8.85. The molecule has 0 spiro atoms. The van der Waals surface area contributed by atoms with E-state index in [-0.39, 0.29) is 0 Å².